The summed E-state index contributed by atoms with van der Waals surface area (Å²) in [5.74, 6) is -0.199. The number of morpholine rings is 1. The number of thiocarbonyl (C=S) groups is 1. The van der Waals surface area contributed by atoms with Crippen LogP contribution >= 0.6 is 60.0 Å². The molecule has 1 heterocycles. The van der Waals surface area contributed by atoms with Crippen LogP contribution in [0.5, 0.6) is 0 Å². The van der Waals surface area contributed by atoms with E-state index in [-0.39, 0.29) is 5.91 Å². The Morgan fingerprint density at radius 2 is 1.78 bits per heavy atom. The zero-order valence-electron chi connectivity index (χ0n) is 12.1. The first-order valence-electron chi connectivity index (χ1n) is 6.94. The summed E-state index contributed by atoms with van der Waals surface area (Å²) < 4.78 is 4.58. The van der Waals surface area contributed by atoms with Crippen LogP contribution in [-0.2, 0) is 4.74 Å². The summed E-state index contributed by atoms with van der Waals surface area (Å²) in [5.41, 5.74) is 0.577. The summed E-state index contributed by atoms with van der Waals surface area (Å²) in [7, 11) is 0. The first kappa shape index (κ1) is 19.1. The fraction of sp³-hybridized carbons (Fsp3) is 0.429. The molecule has 1 amide bonds. The standard InChI is InChI=1S/C14H16Br3N3O2S/c15-14(16,17)12(18-11(21)10-4-2-1-3-5-10)19-13(23)20-6-8-22-9-7-20/h1-5,12H,6-9H2,(H,18,21)(H,19,23)/t12-/m1/s1. The molecule has 9 heteroatoms. The quantitative estimate of drug-likeness (QED) is 0.358. The summed E-state index contributed by atoms with van der Waals surface area (Å²) in [6.45, 7) is 2.74. The molecular weight excluding hydrogens is 514 g/mol. The van der Waals surface area contributed by atoms with E-state index in [2.05, 4.69) is 58.4 Å². The molecule has 0 saturated carbocycles. The highest BCUT2D eigenvalue weighted by Gasteiger charge is 2.34. The van der Waals surface area contributed by atoms with Crippen molar-refractivity contribution >= 4 is 71.0 Å². The fourth-order valence-electron chi connectivity index (χ4n) is 1.98. The number of nitrogens with zero attached hydrogens (tertiary/aromatic N) is 1. The topological polar surface area (TPSA) is 53.6 Å². The van der Waals surface area contributed by atoms with Crippen LogP contribution in [0.4, 0.5) is 0 Å². The molecule has 0 unspecified atom stereocenters. The van der Waals surface area contributed by atoms with Crippen molar-refractivity contribution in [2.45, 2.75) is 8.31 Å². The minimum absolute atomic E-state index is 0.199. The van der Waals surface area contributed by atoms with Crippen molar-refractivity contribution in [2.75, 3.05) is 26.3 Å². The summed E-state index contributed by atoms with van der Waals surface area (Å²) >= 11 is 15.8. The van der Waals surface area contributed by atoms with Crippen molar-refractivity contribution in [1.82, 2.24) is 15.5 Å². The molecule has 1 atom stereocenters. The molecule has 0 aliphatic carbocycles. The van der Waals surface area contributed by atoms with Gasteiger partial charge >= 0.3 is 0 Å². The molecule has 23 heavy (non-hydrogen) atoms. The Labute approximate surface area is 165 Å². The Kier molecular flexibility index (Phi) is 7.27. The van der Waals surface area contributed by atoms with Crippen LogP contribution in [0, 0.1) is 0 Å². The van der Waals surface area contributed by atoms with Gasteiger partial charge < -0.3 is 20.3 Å². The Morgan fingerprint density at radius 3 is 2.35 bits per heavy atom. The van der Waals surface area contributed by atoms with E-state index >= 15 is 0 Å². The molecule has 0 bridgehead atoms. The van der Waals surface area contributed by atoms with Crippen LogP contribution in [0.3, 0.4) is 0 Å². The van der Waals surface area contributed by atoms with Crippen molar-refractivity contribution < 1.29 is 9.53 Å². The lowest BCUT2D eigenvalue weighted by Crippen LogP contribution is -2.58. The smallest absolute Gasteiger partial charge is 0.252 e. The summed E-state index contributed by atoms with van der Waals surface area (Å²) in [4.78, 5) is 14.4. The zero-order chi connectivity index (χ0) is 16.9. The van der Waals surface area contributed by atoms with Gasteiger partial charge in [-0.15, -0.1) is 0 Å². The highest BCUT2D eigenvalue weighted by molar-refractivity contribution is 9.39. The molecule has 0 radical (unpaired) electrons. The fourth-order valence-corrected chi connectivity index (χ4v) is 2.97. The van der Waals surface area contributed by atoms with E-state index in [1.807, 2.05) is 23.1 Å². The number of amides is 1. The number of ether oxygens (including phenoxy) is 1. The summed E-state index contributed by atoms with van der Waals surface area (Å²) in [6.07, 6.45) is -0.509. The predicted molar refractivity (Wildman–Crippen MR) is 105 cm³/mol. The van der Waals surface area contributed by atoms with Crippen LogP contribution in [0.15, 0.2) is 30.3 Å². The van der Waals surface area contributed by atoms with Crippen LogP contribution in [0.1, 0.15) is 10.4 Å². The third-order valence-corrected chi connectivity index (χ3v) is 4.95. The maximum Gasteiger partial charge on any atom is 0.252 e. The molecule has 1 fully saturated rings. The number of benzene rings is 1. The first-order chi connectivity index (χ1) is 10.9. The molecule has 0 spiro atoms. The SMILES string of the molecule is O=C(N[C@H](NC(=S)N1CCOCC1)C(Br)(Br)Br)c1ccccc1. The molecule has 0 aromatic heterocycles. The lowest BCUT2D eigenvalue weighted by molar-refractivity contribution is 0.0671. The molecule has 2 N–H and O–H groups in total. The molecule has 2 rings (SSSR count). The van der Waals surface area contributed by atoms with Gasteiger partial charge in [0.25, 0.3) is 5.91 Å². The highest BCUT2D eigenvalue weighted by Crippen LogP contribution is 2.36. The molecule has 1 aromatic carbocycles. The minimum atomic E-state index is -0.742. The monoisotopic (exact) mass is 527 g/mol. The third-order valence-electron chi connectivity index (χ3n) is 3.20. The third kappa shape index (κ3) is 5.97. The molecule has 1 aromatic rings. The molecule has 126 valence electrons. The summed E-state index contributed by atoms with van der Waals surface area (Å²) in [5, 5.41) is 6.63. The van der Waals surface area contributed by atoms with Gasteiger partial charge in [0.05, 0.1) is 13.2 Å². The van der Waals surface area contributed by atoms with E-state index in [0.717, 1.165) is 13.1 Å². The van der Waals surface area contributed by atoms with Crippen molar-refractivity contribution in [3.63, 3.8) is 0 Å². The second kappa shape index (κ2) is 8.75. The van der Waals surface area contributed by atoms with Gasteiger partial charge in [-0.05, 0) is 24.4 Å². The second-order valence-corrected chi connectivity index (χ2v) is 12.2. The van der Waals surface area contributed by atoms with Gasteiger partial charge in [0.15, 0.2) is 7.26 Å². The maximum absolute atomic E-state index is 12.4. The van der Waals surface area contributed by atoms with Crippen molar-refractivity contribution in [3.05, 3.63) is 35.9 Å². The summed E-state index contributed by atoms with van der Waals surface area (Å²) in [6, 6.07) is 9.01. The van der Waals surface area contributed by atoms with Gasteiger partial charge in [0.1, 0.15) is 6.17 Å². The molecule has 1 aliphatic rings. The number of hydrogen-bond acceptors (Lipinski definition) is 3. The van der Waals surface area contributed by atoms with E-state index in [9.17, 15) is 4.79 Å². The largest absolute Gasteiger partial charge is 0.378 e. The van der Waals surface area contributed by atoms with Gasteiger partial charge in [0, 0.05) is 18.7 Å². The minimum Gasteiger partial charge on any atom is -0.378 e. The Balaban J connectivity index is 2.02. The van der Waals surface area contributed by atoms with Crippen LogP contribution in [-0.4, -0.2) is 50.5 Å². The van der Waals surface area contributed by atoms with E-state index in [1.165, 1.54) is 0 Å². The second-order valence-electron chi connectivity index (χ2n) is 4.86. The lowest BCUT2D eigenvalue weighted by Gasteiger charge is -2.34. The number of carbonyl (C=O) groups is 1. The number of rotatable bonds is 3. The zero-order valence-corrected chi connectivity index (χ0v) is 17.7. The predicted octanol–water partition coefficient (Wildman–Crippen LogP) is 2.79. The Hall–Kier alpha value is -0.220. The van der Waals surface area contributed by atoms with E-state index in [0.29, 0.717) is 23.9 Å². The van der Waals surface area contributed by atoms with Gasteiger partial charge in [-0.1, -0.05) is 66.0 Å². The number of nitrogens with one attached hydrogen (secondary N) is 2. The van der Waals surface area contributed by atoms with Crippen molar-refractivity contribution in [3.8, 4) is 0 Å². The Bertz CT molecular complexity index is 548. The van der Waals surface area contributed by atoms with Gasteiger partial charge in [-0.25, -0.2) is 0 Å². The van der Waals surface area contributed by atoms with Crippen LogP contribution in [0.25, 0.3) is 0 Å². The number of alkyl halides is 3. The van der Waals surface area contributed by atoms with Gasteiger partial charge in [-0.3, -0.25) is 4.79 Å². The van der Waals surface area contributed by atoms with E-state index < -0.39 is 8.31 Å². The van der Waals surface area contributed by atoms with Gasteiger partial charge in [-0.2, -0.15) is 0 Å². The average molecular weight is 530 g/mol. The number of hydrogen-bond donors (Lipinski definition) is 2. The number of carbonyl (C=O) groups excluding carboxylic acids is 1. The Morgan fingerprint density at radius 1 is 1.17 bits per heavy atom. The van der Waals surface area contributed by atoms with Crippen LogP contribution < -0.4 is 10.6 Å². The highest BCUT2D eigenvalue weighted by atomic mass is 80.0. The van der Waals surface area contributed by atoms with E-state index in [4.69, 9.17) is 17.0 Å². The maximum atomic E-state index is 12.4. The van der Waals surface area contributed by atoms with E-state index in [1.54, 1.807) is 12.1 Å². The molecular formula is C14H16Br3N3O2S. The lowest BCUT2D eigenvalue weighted by atomic mass is 10.2. The van der Waals surface area contributed by atoms with Crippen molar-refractivity contribution in [1.29, 1.82) is 0 Å². The molecule has 1 saturated heterocycles. The molecule has 5 nitrogen and oxygen atoms in total. The normalized spacial score (nSPS) is 16.6. The average Bonchev–Trinajstić information content (AvgIpc) is 2.54. The number of halogens is 3. The van der Waals surface area contributed by atoms with Crippen molar-refractivity contribution in [2.24, 2.45) is 0 Å². The first-order valence-corrected chi connectivity index (χ1v) is 9.72. The van der Waals surface area contributed by atoms with Crippen LogP contribution in [0.2, 0.25) is 0 Å². The van der Waals surface area contributed by atoms with Gasteiger partial charge in [0.2, 0.25) is 0 Å². The molecule has 1 aliphatic heterocycles.